The molecule has 0 saturated carbocycles. The lowest BCUT2D eigenvalue weighted by atomic mass is 10.3. The lowest BCUT2D eigenvalue weighted by Gasteiger charge is -2.17. The van der Waals surface area contributed by atoms with E-state index in [1.165, 1.54) is 11.8 Å². The van der Waals surface area contributed by atoms with Crippen LogP contribution in [0.4, 0.5) is 14.6 Å². The Bertz CT molecular complexity index is 375. The predicted octanol–water partition coefficient (Wildman–Crippen LogP) is 3.68. The van der Waals surface area contributed by atoms with E-state index in [1.807, 2.05) is 27.7 Å². The number of halogens is 2. The van der Waals surface area contributed by atoms with Gasteiger partial charge in [0.25, 0.3) is 0 Å². The minimum Gasteiger partial charge on any atom is -0.368 e. The van der Waals surface area contributed by atoms with Crippen LogP contribution in [0.15, 0.2) is 11.1 Å². The maximum atomic E-state index is 13.4. The number of hydrogen-bond donors (Lipinski definition) is 1. The highest BCUT2D eigenvalue weighted by atomic mass is 32.2. The second-order valence-corrected chi connectivity index (χ2v) is 6.17. The Morgan fingerprint density at radius 2 is 1.94 bits per heavy atom. The van der Waals surface area contributed by atoms with E-state index in [9.17, 15) is 8.78 Å². The molecule has 1 aromatic heterocycles. The van der Waals surface area contributed by atoms with Gasteiger partial charge < -0.3 is 5.32 Å². The zero-order valence-electron chi connectivity index (χ0n) is 9.90. The summed E-state index contributed by atoms with van der Waals surface area (Å²) in [5.74, 6) is -1.16. The molecule has 16 heavy (non-hydrogen) atoms. The molecule has 90 valence electrons. The van der Waals surface area contributed by atoms with Crippen molar-refractivity contribution in [1.82, 2.24) is 4.98 Å². The number of rotatable bonds is 3. The molecule has 1 aromatic rings. The summed E-state index contributed by atoms with van der Waals surface area (Å²) in [5, 5.41) is 2.99. The van der Waals surface area contributed by atoms with Crippen LogP contribution < -0.4 is 5.32 Å². The number of thioether (sulfide) groups is 1. The molecule has 1 rings (SSSR count). The third-order valence-corrected chi connectivity index (χ3v) is 2.74. The van der Waals surface area contributed by atoms with E-state index < -0.39 is 11.6 Å². The molecule has 1 N–H and O–H groups in total. The monoisotopic (exact) mass is 246 g/mol. The first-order chi connectivity index (χ1) is 7.33. The van der Waals surface area contributed by atoms with Crippen molar-refractivity contribution in [2.75, 3.05) is 11.9 Å². The number of pyridine rings is 1. The van der Waals surface area contributed by atoms with Crippen molar-refractivity contribution in [3.8, 4) is 0 Å². The van der Waals surface area contributed by atoms with Gasteiger partial charge in [-0.3, -0.25) is 0 Å². The third kappa shape index (κ3) is 3.63. The Hall–Kier alpha value is -0.840. The minimum absolute atomic E-state index is 0.107. The first kappa shape index (κ1) is 13.2. The molecular weight excluding hydrogens is 230 g/mol. The van der Waals surface area contributed by atoms with Gasteiger partial charge in [0.05, 0.1) is 0 Å². The SMILES string of the molecule is CCNc1nc(SC(C)(C)C)c(F)cc1F. The molecule has 0 saturated heterocycles. The van der Waals surface area contributed by atoms with E-state index in [-0.39, 0.29) is 15.6 Å². The maximum Gasteiger partial charge on any atom is 0.168 e. The Kier molecular flexibility index (Phi) is 4.13. The summed E-state index contributed by atoms with van der Waals surface area (Å²) in [6, 6.07) is 0.874. The second kappa shape index (κ2) is 4.99. The smallest absolute Gasteiger partial charge is 0.168 e. The topological polar surface area (TPSA) is 24.9 Å². The fourth-order valence-corrected chi connectivity index (χ4v) is 1.98. The fraction of sp³-hybridized carbons (Fsp3) is 0.545. The molecule has 0 spiro atoms. The van der Waals surface area contributed by atoms with Crippen molar-refractivity contribution in [3.63, 3.8) is 0 Å². The van der Waals surface area contributed by atoms with Crippen LogP contribution in [-0.4, -0.2) is 16.3 Å². The van der Waals surface area contributed by atoms with Gasteiger partial charge >= 0.3 is 0 Å². The third-order valence-electron chi connectivity index (χ3n) is 1.64. The summed E-state index contributed by atoms with van der Waals surface area (Å²) in [5.41, 5.74) is 0. The van der Waals surface area contributed by atoms with Gasteiger partial charge in [-0.1, -0.05) is 32.5 Å². The van der Waals surface area contributed by atoms with Gasteiger partial charge in [0.2, 0.25) is 0 Å². The highest BCUT2D eigenvalue weighted by molar-refractivity contribution is 8.00. The largest absolute Gasteiger partial charge is 0.368 e. The van der Waals surface area contributed by atoms with Gasteiger partial charge in [-0.2, -0.15) is 0 Å². The Labute approximate surface area is 98.8 Å². The molecular formula is C11H16F2N2S. The Balaban J connectivity index is 3.04. The average Bonchev–Trinajstić information content (AvgIpc) is 2.11. The van der Waals surface area contributed by atoms with Crippen LogP contribution in [0, 0.1) is 11.6 Å². The first-order valence-corrected chi connectivity index (χ1v) is 5.94. The fourth-order valence-electron chi connectivity index (χ4n) is 1.10. The van der Waals surface area contributed by atoms with Crippen LogP contribution >= 0.6 is 11.8 Å². The van der Waals surface area contributed by atoms with E-state index in [4.69, 9.17) is 0 Å². The standard InChI is InChI=1S/C11H16F2N2S/c1-5-14-9-7(12)6-8(13)10(15-9)16-11(2,3)4/h6H,5H2,1-4H3,(H,14,15). The summed E-state index contributed by atoms with van der Waals surface area (Å²) >= 11 is 1.28. The zero-order chi connectivity index (χ0) is 12.3. The van der Waals surface area contributed by atoms with Crippen molar-refractivity contribution in [1.29, 1.82) is 0 Å². The molecule has 0 amide bonds. The van der Waals surface area contributed by atoms with Gasteiger partial charge in [0.15, 0.2) is 17.5 Å². The van der Waals surface area contributed by atoms with Gasteiger partial charge in [0, 0.05) is 17.4 Å². The van der Waals surface area contributed by atoms with E-state index in [2.05, 4.69) is 10.3 Å². The summed E-state index contributed by atoms with van der Waals surface area (Å²) in [6.07, 6.45) is 0. The molecule has 0 atom stereocenters. The average molecular weight is 246 g/mol. The van der Waals surface area contributed by atoms with Crippen LogP contribution in [0.2, 0.25) is 0 Å². The van der Waals surface area contributed by atoms with Crippen molar-refractivity contribution in [2.24, 2.45) is 0 Å². The Morgan fingerprint density at radius 1 is 1.31 bits per heavy atom. The van der Waals surface area contributed by atoms with Crippen molar-refractivity contribution in [3.05, 3.63) is 17.7 Å². The Morgan fingerprint density at radius 3 is 2.44 bits per heavy atom. The first-order valence-electron chi connectivity index (χ1n) is 5.12. The number of aromatic nitrogens is 1. The van der Waals surface area contributed by atoms with Crippen molar-refractivity contribution >= 4 is 17.6 Å². The number of hydrogen-bond acceptors (Lipinski definition) is 3. The molecule has 0 radical (unpaired) electrons. The molecule has 0 bridgehead atoms. The van der Waals surface area contributed by atoms with Crippen LogP contribution in [0.5, 0.6) is 0 Å². The predicted molar refractivity (Wildman–Crippen MR) is 63.9 cm³/mol. The molecule has 0 aliphatic heterocycles. The minimum atomic E-state index is -0.655. The number of nitrogens with one attached hydrogen (secondary N) is 1. The van der Waals surface area contributed by atoms with E-state index in [0.717, 1.165) is 6.07 Å². The molecule has 0 aromatic carbocycles. The normalized spacial score (nSPS) is 11.6. The number of anilines is 1. The van der Waals surface area contributed by atoms with Crippen molar-refractivity contribution < 1.29 is 8.78 Å². The lowest BCUT2D eigenvalue weighted by molar-refractivity contribution is 0.550. The van der Waals surface area contributed by atoms with Crippen LogP contribution in [-0.2, 0) is 0 Å². The summed E-state index contributed by atoms with van der Waals surface area (Å²) < 4.78 is 26.6. The quantitative estimate of drug-likeness (QED) is 0.823. The van der Waals surface area contributed by atoms with Gasteiger partial charge in [-0.15, -0.1) is 0 Å². The lowest BCUT2D eigenvalue weighted by Crippen LogP contribution is -2.10. The zero-order valence-corrected chi connectivity index (χ0v) is 10.7. The second-order valence-electron chi connectivity index (χ2n) is 4.35. The molecule has 0 fully saturated rings. The van der Waals surface area contributed by atoms with Gasteiger partial charge in [0.1, 0.15) is 5.03 Å². The van der Waals surface area contributed by atoms with Gasteiger partial charge in [-0.25, -0.2) is 13.8 Å². The molecule has 0 aliphatic carbocycles. The van der Waals surface area contributed by atoms with Gasteiger partial charge in [-0.05, 0) is 6.92 Å². The maximum absolute atomic E-state index is 13.4. The highest BCUT2D eigenvalue weighted by Crippen LogP contribution is 2.33. The molecule has 5 heteroatoms. The molecule has 1 heterocycles. The van der Waals surface area contributed by atoms with Crippen LogP contribution in [0.25, 0.3) is 0 Å². The molecule has 0 aliphatic rings. The summed E-state index contributed by atoms with van der Waals surface area (Å²) in [7, 11) is 0. The molecule has 0 unspecified atom stereocenters. The van der Waals surface area contributed by atoms with E-state index >= 15 is 0 Å². The van der Waals surface area contributed by atoms with Crippen LogP contribution in [0.1, 0.15) is 27.7 Å². The number of nitrogens with zero attached hydrogens (tertiary/aromatic N) is 1. The van der Waals surface area contributed by atoms with Crippen LogP contribution in [0.3, 0.4) is 0 Å². The van der Waals surface area contributed by atoms with E-state index in [1.54, 1.807) is 0 Å². The highest BCUT2D eigenvalue weighted by Gasteiger charge is 2.18. The van der Waals surface area contributed by atoms with Crippen molar-refractivity contribution in [2.45, 2.75) is 37.5 Å². The summed E-state index contributed by atoms with van der Waals surface area (Å²) in [6.45, 7) is 8.25. The molecule has 2 nitrogen and oxygen atoms in total. The van der Waals surface area contributed by atoms with E-state index in [0.29, 0.717) is 6.54 Å². The summed E-state index contributed by atoms with van der Waals surface area (Å²) in [4.78, 5) is 3.95.